The highest BCUT2D eigenvalue weighted by molar-refractivity contribution is 6.53. The van der Waals surface area contributed by atoms with E-state index >= 15 is 0 Å². The number of ether oxygens (including phenoxy) is 1. The van der Waals surface area contributed by atoms with Gasteiger partial charge in [-0.2, -0.15) is 0 Å². The molecule has 0 spiro atoms. The summed E-state index contributed by atoms with van der Waals surface area (Å²) in [6.07, 6.45) is 3.15. The molecule has 0 bridgehead atoms. The highest BCUT2D eigenvalue weighted by atomic mass is 35.5. The molecule has 5 nitrogen and oxygen atoms in total. The first-order valence-electron chi connectivity index (χ1n) is 9.36. The first-order chi connectivity index (χ1) is 13.9. The molecule has 29 heavy (non-hydrogen) atoms. The Labute approximate surface area is 180 Å². The number of carbonyl (C=O) groups is 2. The maximum absolute atomic E-state index is 13.0. The molecule has 0 unspecified atom stereocenters. The summed E-state index contributed by atoms with van der Waals surface area (Å²) >= 11 is 12.4. The fraction of sp³-hybridized carbons (Fsp3) is 0.273. The van der Waals surface area contributed by atoms with Gasteiger partial charge in [0, 0.05) is 11.1 Å². The maximum Gasteiger partial charge on any atom is 0.283 e. The molecule has 0 saturated carbocycles. The number of unbranched alkanes of at least 4 members (excludes halogenated alkanes) is 1. The topological polar surface area (TPSA) is 58.6 Å². The Kier molecular flexibility index (Phi) is 6.50. The van der Waals surface area contributed by atoms with Crippen molar-refractivity contribution in [3.63, 3.8) is 0 Å². The molecule has 7 heteroatoms. The van der Waals surface area contributed by atoms with Crippen molar-refractivity contribution in [1.82, 2.24) is 0 Å². The van der Waals surface area contributed by atoms with Crippen molar-refractivity contribution < 1.29 is 14.3 Å². The van der Waals surface area contributed by atoms with Gasteiger partial charge >= 0.3 is 0 Å². The van der Waals surface area contributed by atoms with E-state index in [2.05, 4.69) is 12.2 Å². The smallest absolute Gasteiger partial charge is 0.283 e. The van der Waals surface area contributed by atoms with E-state index in [0.717, 1.165) is 35.3 Å². The number of anilines is 2. The number of nitrogens with zero attached hydrogens (tertiary/aromatic N) is 1. The summed E-state index contributed by atoms with van der Waals surface area (Å²) in [4.78, 5) is 26.7. The van der Waals surface area contributed by atoms with Crippen LogP contribution in [0.5, 0.6) is 5.75 Å². The molecule has 0 radical (unpaired) electrons. The highest BCUT2D eigenvalue weighted by Crippen LogP contribution is 2.35. The third kappa shape index (κ3) is 4.26. The second-order valence-corrected chi connectivity index (χ2v) is 7.62. The quantitative estimate of drug-likeness (QED) is 0.592. The van der Waals surface area contributed by atoms with Gasteiger partial charge in [0.1, 0.15) is 16.5 Å². The SMILES string of the molecule is CCCCc1ccc(N2C(=O)C(Cl)=C(Nc3cc(C)c(Cl)cc3OC)C2=O)cc1. The lowest BCUT2D eigenvalue weighted by Crippen LogP contribution is -2.32. The molecule has 2 aromatic rings. The molecule has 2 aromatic carbocycles. The van der Waals surface area contributed by atoms with E-state index in [1.54, 1.807) is 24.3 Å². The van der Waals surface area contributed by atoms with Crippen LogP contribution in [0.15, 0.2) is 47.1 Å². The molecule has 2 amide bonds. The van der Waals surface area contributed by atoms with Crippen LogP contribution in [-0.2, 0) is 16.0 Å². The van der Waals surface area contributed by atoms with Crippen LogP contribution in [-0.4, -0.2) is 18.9 Å². The number of amides is 2. The van der Waals surface area contributed by atoms with Gasteiger partial charge < -0.3 is 10.1 Å². The number of aryl methyl sites for hydroxylation is 2. The van der Waals surface area contributed by atoms with Crippen molar-refractivity contribution in [2.45, 2.75) is 33.1 Å². The van der Waals surface area contributed by atoms with Crippen LogP contribution in [0, 0.1) is 6.92 Å². The van der Waals surface area contributed by atoms with Gasteiger partial charge in [-0.1, -0.05) is 48.7 Å². The number of methoxy groups -OCH3 is 1. The van der Waals surface area contributed by atoms with E-state index in [1.807, 2.05) is 19.1 Å². The van der Waals surface area contributed by atoms with E-state index in [-0.39, 0.29) is 10.7 Å². The fourth-order valence-electron chi connectivity index (χ4n) is 3.10. The van der Waals surface area contributed by atoms with Gasteiger partial charge in [-0.3, -0.25) is 9.59 Å². The Morgan fingerprint density at radius 2 is 1.76 bits per heavy atom. The minimum absolute atomic E-state index is 0.00625. The largest absolute Gasteiger partial charge is 0.495 e. The fourth-order valence-corrected chi connectivity index (χ4v) is 3.47. The summed E-state index contributed by atoms with van der Waals surface area (Å²) in [7, 11) is 1.50. The first kappa shape index (κ1) is 21.2. The van der Waals surface area contributed by atoms with Crippen molar-refractivity contribution in [1.29, 1.82) is 0 Å². The van der Waals surface area contributed by atoms with E-state index in [4.69, 9.17) is 27.9 Å². The Morgan fingerprint density at radius 3 is 2.38 bits per heavy atom. The van der Waals surface area contributed by atoms with Crippen LogP contribution in [0.1, 0.15) is 30.9 Å². The van der Waals surface area contributed by atoms with Gasteiger partial charge in [-0.25, -0.2) is 4.90 Å². The molecular formula is C22H22Cl2N2O3. The molecule has 1 heterocycles. The first-order valence-corrected chi connectivity index (χ1v) is 10.1. The second-order valence-electron chi connectivity index (χ2n) is 6.83. The summed E-state index contributed by atoms with van der Waals surface area (Å²) in [6.45, 7) is 3.96. The summed E-state index contributed by atoms with van der Waals surface area (Å²) in [5.41, 5.74) is 2.94. The molecule has 1 N–H and O–H groups in total. The zero-order chi connectivity index (χ0) is 21.1. The number of rotatable bonds is 7. The van der Waals surface area contributed by atoms with Gasteiger partial charge in [-0.15, -0.1) is 0 Å². The lowest BCUT2D eigenvalue weighted by Gasteiger charge is -2.16. The Hall–Kier alpha value is -2.50. The molecular weight excluding hydrogens is 411 g/mol. The van der Waals surface area contributed by atoms with Crippen molar-refractivity contribution in [3.05, 3.63) is 63.3 Å². The van der Waals surface area contributed by atoms with Gasteiger partial charge in [0.25, 0.3) is 11.8 Å². The van der Waals surface area contributed by atoms with Crippen LogP contribution in [0.4, 0.5) is 11.4 Å². The highest BCUT2D eigenvalue weighted by Gasteiger charge is 2.39. The minimum atomic E-state index is -0.565. The van der Waals surface area contributed by atoms with Crippen LogP contribution in [0.3, 0.4) is 0 Å². The average Bonchev–Trinajstić information content (AvgIpc) is 2.92. The molecule has 3 rings (SSSR count). The Bertz CT molecular complexity index is 984. The van der Waals surface area contributed by atoms with E-state index in [1.165, 1.54) is 7.11 Å². The number of carbonyl (C=O) groups excluding carboxylic acids is 2. The van der Waals surface area contributed by atoms with Crippen molar-refractivity contribution in [3.8, 4) is 5.75 Å². The number of benzene rings is 2. The molecule has 0 aromatic heterocycles. The third-order valence-electron chi connectivity index (χ3n) is 4.78. The predicted octanol–water partition coefficient (Wildman–Crippen LogP) is 5.44. The molecule has 0 atom stereocenters. The average molecular weight is 433 g/mol. The number of nitrogens with one attached hydrogen (secondary N) is 1. The monoisotopic (exact) mass is 432 g/mol. The van der Waals surface area contributed by atoms with Gasteiger partial charge in [-0.05, 0) is 49.1 Å². The van der Waals surface area contributed by atoms with Crippen molar-refractivity contribution in [2.75, 3.05) is 17.3 Å². The third-order valence-corrected chi connectivity index (χ3v) is 5.54. The lowest BCUT2D eigenvalue weighted by atomic mass is 10.1. The summed E-state index contributed by atoms with van der Waals surface area (Å²) in [5.74, 6) is -0.641. The number of hydrogen-bond donors (Lipinski definition) is 1. The summed E-state index contributed by atoms with van der Waals surface area (Å²) in [5, 5.41) is 3.32. The number of hydrogen-bond acceptors (Lipinski definition) is 4. The van der Waals surface area contributed by atoms with E-state index in [9.17, 15) is 9.59 Å². The van der Waals surface area contributed by atoms with Crippen LogP contribution < -0.4 is 15.0 Å². The van der Waals surface area contributed by atoms with Gasteiger partial charge in [0.05, 0.1) is 18.5 Å². The lowest BCUT2D eigenvalue weighted by molar-refractivity contribution is -0.120. The normalized spacial score (nSPS) is 14.0. The zero-order valence-corrected chi connectivity index (χ0v) is 18.0. The van der Waals surface area contributed by atoms with E-state index in [0.29, 0.717) is 22.1 Å². The summed E-state index contributed by atoms with van der Waals surface area (Å²) in [6, 6.07) is 10.8. The molecule has 1 aliphatic rings. The number of imide groups is 1. The van der Waals surface area contributed by atoms with Crippen LogP contribution in [0.2, 0.25) is 5.02 Å². The minimum Gasteiger partial charge on any atom is -0.495 e. The predicted molar refractivity (Wildman–Crippen MR) is 117 cm³/mol. The van der Waals surface area contributed by atoms with Gasteiger partial charge in [0.2, 0.25) is 0 Å². The maximum atomic E-state index is 13.0. The Balaban J connectivity index is 1.87. The summed E-state index contributed by atoms with van der Waals surface area (Å²) < 4.78 is 5.32. The van der Waals surface area contributed by atoms with Crippen LogP contribution >= 0.6 is 23.2 Å². The van der Waals surface area contributed by atoms with Crippen molar-refractivity contribution in [2.24, 2.45) is 0 Å². The second kappa shape index (κ2) is 8.89. The number of halogens is 2. The molecule has 152 valence electrons. The molecule has 1 aliphatic heterocycles. The van der Waals surface area contributed by atoms with Crippen LogP contribution in [0.25, 0.3) is 0 Å². The standard InChI is InChI=1S/C22H22Cl2N2O3/c1-4-5-6-14-7-9-15(10-8-14)26-21(27)19(24)20(22(26)28)25-17-11-13(2)16(23)12-18(17)29-3/h7-12,25H,4-6H2,1-3H3. The van der Waals surface area contributed by atoms with E-state index < -0.39 is 11.8 Å². The van der Waals surface area contributed by atoms with Crippen molar-refractivity contribution >= 4 is 46.4 Å². The molecule has 0 saturated heterocycles. The molecule has 0 fully saturated rings. The zero-order valence-electron chi connectivity index (χ0n) is 16.5. The van der Waals surface area contributed by atoms with Gasteiger partial charge in [0.15, 0.2) is 0 Å². The molecule has 0 aliphatic carbocycles. The Morgan fingerprint density at radius 1 is 1.07 bits per heavy atom.